The molecule has 2 atom stereocenters. The summed E-state index contributed by atoms with van der Waals surface area (Å²) in [6.07, 6.45) is 4.11. The molecule has 2 heterocycles. The van der Waals surface area contributed by atoms with E-state index >= 15 is 0 Å². The van der Waals surface area contributed by atoms with Crippen molar-refractivity contribution in [2.75, 3.05) is 25.4 Å². The van der Waals surface area contributed by atoms with E-state index < -0.39 is 0 Å². The quantitative estimate of drug-likeness (QED) is 0.851. The Balaban J connectivity index is 1.68. The van der Waals surface area contributed by atoms with Crippen LogP contribution in [0.25, 0.3) is 0 Å². The minimum absolute atomic E-state index is 0.612. The fourth-order valence-electron chi connectivity index (χ4n) is 3.54. The van der Waals surface area contributed by atoms with Crippen LogP contribution in [0.4, 0.5) is 5.69 Å². The van der Waals surface area contributed by atoms with Crippen LogP contribution in [0.5, 0.6) is 0 Å². The van der Waals surface area contributed by atoms with Gasteiger partial charge in [-0.25, -0.2) is 0 Å². The van der Waals surface area contributed by atoms with Crippen LogP contribution in [0.3, 0.4) is 0 Å². The monoisotopic (exact) mass is 293 g/mol. The highest BCUT2D eigenvalue weighted by molar-refractivity contribution is 6.33. The van der Waals surface area contributed by atoms with Crippen molar-refractivity contribution in [3.05, 3.63) is 28.8 Å². The van der Waals surface area contributed by atoms with E-state index in [1.807, 2.05) is 12.1 Å². The maximum absolute atomic E-state index is 6.13. The molecule has 3 nitrogen and oxygen atoms in total. The van der Waals surface area contributed by atoms with E-state index in [1.54, 1.807) is 0 Å². The fraction of sp³-hybridized carbons (Fsp3) is 0.625. The number of fused-ring (bicyclic) bond motifs is 1. The van der Waals surface area contributed by atoms with Gasteiger partial charge in [-0.05, 0) is 44.0 Å². The average molecular weight is 294 g/mol. The molecular formula is C16H24ClN3. The summed E-state index contributed by atoms with van der Waals surface area (Å²) >= 11 is 6.13. The minimum Gasteiger partial charge on any atom is -0.398 e. The third-order valence-electron chi connectivity index (χ3n) is 4.77. The van der Waals surface area contributed by atoms with Gasteiger partial charge in [0.15, 0.2) is 0 Å². The van der Waals surface area contributed by atoms with Crippen molar-refractivity contribution in [2.45, 2.75) is 44.8 Å². The lowest BCUT2D eigenvalue weighted by molar-refractivity contribution is 0.0111. The number of nitrogen functional groups attached to an aromatic ring is 1. The van der Waals surface area contributed by atoms with Gasteiger partial charge in [0.2, 0.25) is 0 Å². The lowest BCUT2D eigenvalue weighted by Gasteiger charge is -2.47. The number of anilines is 1. The first-order valence-corrected chi connectivity index (χ1v) is 8.03. The highest BCUT2D eigenvalue weighted by Gasteiger charge is 2.32. The molecule has 3 rings (SSSR count). The van der Waals surface area contributed by atoms with E-state index in [2.05, 4.69) is 22.8 Å². The summed E-state index contributed by atoms with van der Waals surface area (Å²) in [4.78, 5) is 5.27. The molecule has 2 unspecified atom stereocenters. The van der Waals surface area contributed by atoms with Crippen LogP contribution in [0.1, 0.15) is 31.7 Å². The molecule has 0 aliphatic carbocycles. The number of halogens is 1. The molecular weight excluding hydrogens is 270 g/mol. The lowest BCUT2D eigenvalue weighted by atomic mass is 9.96. The van der Waals surface area contributed by atoms with Crippen molar-refractivity contribution >= 4 is 17.3 Å². The van der Waals surface area contributed by atoms with Gasteiger partial charge in [0.25, 0.3) is 0 Å². The van der Waals surface area contributed by atoms with Crippen LogP contribution < -0.4 is 5.73 Å². The first-order valence-electron chi connectivity index (χ1n) is 7.65. The second kappa shape index (κ2) is 5.92. The van der Waals surface area contributed by atoms with E-state index in [1.165, 1.54) is 44.5 Å². The summed E-state index contributed by atoms with van der Waals surface area (Å²) in [5.41, 5.74) is 7.72. The predicted molar refractivity (Wildman–Crippen MR) is 84.9 cm³/mol. The van der Waals surface area contributed by atoms with Gasteiger partial charge in [-0.3, -0.25) is 9.80 Å². The van der Waals surface area contributed by atoms with Crippen molar-refractivity contribution < 1.29 is 0 Å². The molecule has 0 saturated carbocycles. The number of rotatable bonds is 2. The standard InChI is InChI=1S/C16H24ClN3/c1-12-9-19-7-3-2-4-14(19)11-20(12)10-13-5-6-16(18)15(17)8-13/h5-6,8,12,14H,2-4,7,9-11,18H2,1H3. The molecule has 0 aromatic heterocycles. The Labute approximate surface area is 126 Å². The van der Waals surface area contributed by atoms with E-state index in [0.29, 0.717) is 16.8 Å². The zero-order chi connectivity index (χ0) is 14.1. The Morgan fingerprint density at radius 2 is 2.15 bits per heavy atom. The summed E-state index contributed by atoms with van der Waals surface area (Å²) in [6.45, 7) is 6.99. The number of hydrogen-bond donors (Lipinski definition) is 1. The topological polar surface area (TPSA) is 32.5 Å². The Morgan fingerprint density at radius 1 is 1.30 bits per heavy atom. The number of piperidine rings is 1. The van der Waals surface area contributed by atoms with Crippen LogP contribution in [-0.4, -0.2) is 41.5 Å². The Morgan fingerprint density at radius 3 is 2.95 bits per heavy atom. The van der Waals surface area contributed by atoms with E-state index in [0.717, 1.165) is 12.6 Å². The number of hydrogen-bond acceptors (Lipinski definition) is 3. The smallest absolute Gasteiger partial charge is 0.0638 e. The predicted octanol–water partition coefficient (Wildman–Crippen LogP) is 2.98. The number of nitrogens with two attached hydrogens (primary N) is 1. The summed E-state index contributed by atoms with van der Waals surface area (Å²) < 4.78 is 0. The molecule has 0 radical (unpaired) electrons. The molecule has 0 amide bonds. The van der Waals surface area contributed by atoms with Gasteiger partial charge in [0.05, 0.1) is 10.7 Å². The van der Waals surface area contributed by atoms with Crippen molar-refractivity contribution in [1.29, 1.82) is 0 Å². The van der Waals surface area contributed by atoms with E-state index in [9.17, 15) is 0 Å². The zero-order valence-corrected chi connectivity index (χ0v) is 12.9. The molecule has 1 aromatic carbocycles. The van der Waals surface area contributed by atoms with Gasteiger partial charge in [-0.2, -0.15) is 0 Å². The highest BCUT2D eigenvalue weighted by Crippen LogP contribution is 2.26. The third kappa shape index (κ3) is 2.95. The van der Waals surface area contributed by atoms with Gasteiger partial charge in [0.1, 0.15) is 0 Å². The van der Waals surface area contributed by atoms with Gasteiger partial charge >= 0.3 is 0 Å². The summed E-state index contributed by atoms with van der Waals surface area (Å²) in [5, 5.41) is 0.673. The molecule has 0 spiro atoms. The van der Waals surface area contributed by atoms with Crippen LogP contribution in [0.15, 0.2) is 18.2 Å². The maximum Gasteiger partial charge on any atom is 0.0638 e. The van der Waals surface area contributed by atoms with Gasteiger partial charge in [-0.1, -0.05) is 24.1 Å². The zero-order valence-electron chi connectivity index (χ0n) is 12.2. The average Bonchev–Trinajstić information content (AvgIpc) is 2.44. The molecule has 2 aliphatic heterocycles. The summed E-state index contributed by atoms with van der Waals surface area (Å²) in [7, 11) is 0. The Kier molecular flexibility index (Phi) is 4.20. The Hall–Kier alpha value is -0.770. The summed E-state index contributed by atoms with van der Waals surface area (Å²) in [5.74, 6) is 0. The minimum atomic E-state index is 0.612. The normalized spacial score (nSPS) is 28.3. The van der Waals surface area contributed by atoms with Crippen LogP contribution in [-0.2, 0) is 6.54 Å². The van der Waals surface area contributed by atoms with Crippen molar-refractivity contribution in [2.24, 2.45) is 0 Å². The van der Waals surface area contributed by atoms with E-state index in [4.69, 9.17) is 17.3 Å². The second-order valence-electron chi connectivity index (χ2n) is 6.28. The van der Waals surface area contributed by atoms with Crippen molar-refractivity contribution in [3.63, 3.8) is 0 Å². The van der Waals surface area contributed by atoms with Crippen LogP contribution in [0.2, 0.25) is 5.02 Å². The number of benzene rings is 1. The van der Waals surface area contributed by atoms with Crippen LogP contribution >= 0.6 is 11.6 Å². The van der Waals surface area contributed by atoms with Gasteiger partial charge in [-0.15, -0.1) is 0 Å². The number of piperazine rings is 1. The molecule has 2 fully saturated rings. The molecule has 4 heteroatoms. The first kappa shape index (κ1) is 14.2. The molecule has 0 bridgehead atoms. The highest BCUT2D eigenvalue weighted by atomic mass is 35.5. The summed E-state index contributed by atoms with van der Waals surface area (Å²) in [6, 6.07) is 7.39. The fourth-order valence-corrected chi connectivity index (χ4v) is 3.74. The number of nitrogens with zero attached hydrogens (tertiary/aromatic N) is 2. The van der Waals surface area contributed by atoms with Gasteiger partial charge < -0.3 is 5.73 Å². The lowest BCUT2D eigenvalue weighted by Crippen LogP contribution is -2.58. The van der Waals surface area contributed by atoms with Crippen molar-refractivity contribution in [1.82, 2.24) is 9.80 Å². The van der Waals surface area contributed by atoms with Crippen molar-refractivity contribution in [3.8, 4) is 0 Å². The van der Waals surface area contributed by atoms with E-state index in [-0.39, 0.29) is 0 Å². The molecule has 2 saturated heterocycles. The largest absolute Gasteiger partial charge is 0.398 e. The molecule has 1 aromatic rings. The van der Waals surface area contributed by atoms with Crippen LogP contribution in [0, 0.1) is 0 Å². The SMILES string of the molecule is CC1CN2CCCCC2CN1Cc1ccc(N)c(Cl)c1. The molecule has 20 heavy (non-hydrogen) atoms. The molecule has 2 N–H and O–H groups in total. The first-order chi connectivity index (χ1) is 9.63. The second-order valence-corrected chi connectivity index (χ2v) is 6.69. The third-order valence-corrected chi connectivity index (χ3v) is 5.09. The van der Waals surface area contributed by atoms with Gasteiger partial charge in [0, 0.05) is 31.7 Å². The maximum atomic E-state index is 6.13. The molecule has 110 valence electrons. The molecule has 2 aliphatic rings. The Bertz CT molecular complexity index is 477.